The third-order valence-corrected chi connectivity index (χ3v) is 3.93. The number of aryl methyl sites for hydroxylation is 1. The molecule has 1 heterocycles. The van der Waals surface area contributed by atoms with Crippen LogP contribution in [0, 0.1) is 0 Å². The zero-order valence-corrected chi connectivity index (χ0v) is 12.2. The first-order chi connectivity index (χ1) is 10.2. The van der Waals surface area contributed by atoms with Crippen molar-refractivity contribution in [1.29, 1.82) is 0 Å². The van der Waals surface area contributed by atoms with Gasteiger partial charge < -0.3 is 10.6 Å². The number of nitrogens with one attached hydrogen (secondary N) is 2. The molecule has 0 saturated heterocycles. The van der Waals surface area contributed by atoms with E-state index < -0.39 is 0 Å². The van der Waals surface area contributed by atoms with Gasteiger partial charge in [-0.25, -0.2) is 4.79 Å². The van der Waals surface area contributed by atoms with Crippen molar-refractivity contribution >= 4 is 17.6 Å². The Morgan fingerprint density at radius 1 is 1.29 bits per heavy atom. The number of hydrogen-bond acceptors (Lipinski definition) is 2. The van der Waals surface area contributed by atoms with E-state index in [9.17, 15) is 4.79 Å². The van der Waals surface area contributed by atoms with Gasteiger partial charge in [0, 0.05) is 24.0 Å². The number of nitrogens with zero attached hydrogens (tertiary/aromatic N) is 1. The molecule has 0 aliphatic heterocycles. The van der Waals surface area contributed by atoms with Gasteiger partial charge in [-0.05, 0) is 53.8 Å². The Morgan fingerprint density at radius 2 is 2.10 bits per heavy atom. The number of pyridine rings is 1. The van der Waals surface area contributed by atoms with E-state index in [1.54, 1.807) is 12.4 Å². The summed E-state index contributed by atoms with van der Waals surface area (Å²) in [5.41, 5.74) is 3.42. The van der Waals surface area contributed by atoms with Crippen LogP contribution in [0.1, 0.15) is 29.2 Å². The van der Waals surface area contributed by atoms with Crippen LogP contribution in [0.2, 0.25) is 5.02 Å². The molecule has 1 aromatic heterocycles. The Labute approximate surface area is 128 Å². The Morgan fingerprint density at radius 3 is 2.90 bits per heavy atom. The molecule has 5 heteroatoms. The average Bonchev–Trinajstić information content (AvgIpc) is 2.88. The second-order valence-electron chi connectivity index (χ2n) is 5.12. The highest BCUT2D eigenvalue weighted by Gasteiger charge is 2.23. The number of carbonyl (C=O) groups excluding carboxylic acids is 1. The number of amides is 2. The van der Waals surface area contributed by atoms with E-state index in [2.05, 4.69) is 15.6 Å². The fourth-order valence-corrected chi connectivity index (χ4v) is 2.82. The standard InChI is InChI=1S/C16H16ClN3O/c17-13-2-3-14-12(9-13)1-4-15(14)20-16(21)19-10-11-5-7-18-8-6-11/h2-3,5-9,15H,1,4,10H2,(H2,19,20,21). The molecule has 0 fully saturated rings. The number of hydrogen-bond donors (Lipinski definition) is 2. The Bertz CT molecular complexity index is 645. The quantitative estimate of drug-likeness (QED) is 0.914. The minimum atomic E-state index is -0.153. The first kappa shape index (κ1) is 13.9. The minimum Gasteiger partial charge on any atom is -0.334 e. The van der Waals surface area contributed by atoms with E-state index in [4.69, 9.17) is 11.6 Å². The molecule has 2 aromatic rings. The molecule has 0 radical (unpaired) electrons. The SMILES string of the molecule is O=C(NCc1ccncc1)NC1CCc2cc(Cl)ccc21. The van der Waals surface area contributed by atoms with E-state index in [0.717, 1.165) is 23.4 Å². The molecule has 2 amide bonds. The largest absolute Gasteiger partial charge is 0.334 e. The van der Waals surface area contributed by atoms with Crippen LogP contribution in [0.5, 0.6) is 0 Å². The number of benzene rings is 1. The number of aromatic nitrogens is 1. The third kappa shape index (κ3) is 3.34. The van der Waals surface area contributed by atoms with Gasteiger partial charge in [0.05, 0.1) is 6.04 Å². The van der Waals surface area contributed by atoms with Gasteiger partial charge in [-0.2, -0.15) is 0 Å². The first-order valence-electron chi connectivity index (χ1n) is 6.94. The van der Waals surface area contributed by atoms with Gasteiger partial charge >= 0.3 is 6.03 Å². The summed E-state index contributed by atoms with van der Waals surface area (Å²) >= 11 is 5.99. The van der Waals surface area contributed by atoms with Crippen LogP contribution < -0.4 is 10.6 Å². The Balaban J connectivity index is 1.57. The van der Waals surface area contributed by atoms with Gasteiger partial charge in [-0.15, -0.1) is 0 Å². The molecule has 108 valence electrons. The molecular weight excluding hydrogens is 286 g/mol. The minimum absolute atomic E-state index is 0.0645. The Kier molecular flexibility index (Phi) is 4.06. The summed E-state index contributed by atoms with van der Waals surface area (Å²) in [5, 5.41) is 6.63. The van der Waals surface area contributed by atoms with E-state index in [1.165, 1.54) is 11.1 Å². The van der Waals surface area contributed by atoms with E-state index in [-0.39, 0.29) is 12.1 Å². The van der Waals surface area contributed by atoms with Crippen molar-refractivity contribution in [3.8, 4) is 0 Å². The zero-order chi connectivity index (χ0) is 14.7. The predicted molar refractivity (Wildman–Crippen MR) is 82.1 cm³/mol. The van der Waals surface area contributed by atoms with Gasteiger partial charge in [-0.1, -0.05) is 17.7 Å². The molecule has 0 bridgehead atoms. The monoisotopic (exact) mass is 301 g/mol. The number of urea groups is 1. The molecule has 0 spiro atoms. The normalized spacial score (nSPS) is 16.3. The fourth-order valence-electron chi connectivity index (χ4n) is 2.63. The van der Waals surface area contributed by atoms with Gasteiger partial charge in [0.25, 0.3) is 0 Å². The maximum Gasteiger partial charge on any atom is 0.315 e. The summed E-state index contributed by atoms with van der Waals surface area (Å²) in [6, 6.07) is 9.52. The lowest BCUT2D eigenvalue weighted by atomic mass is 10.1. The number of halogens is 1. The van der Waals surface area contributed by atoms with Crippen molar-refractivity contribution < 1.29 is 4.79 Å². The molecule has 0 saturated carbocycles. The van der Waals surface area contributed by atoms with Crippen molar-refractivity contribution in [2.45, 2.75) is 25.4 Å². The smallest absolute Gasteiger partial charge is 0.315 e. The zero-order valence-electron chi connectivity index (χ0n) is 11.5. The van der Waals surface area contributed by atoms with E-state index in [0.29, 0.717) is 6.54 Å². The Hall–Kier alpha value is -2.07. The molecule has 1 atom stereocenters. The summed E-state index contributed by atoms with van der Waals surface area (Å²) in [4.78, 5) is 15.9. The van der Waals surface area contributed by atoms with Crippen LogP contribution in [-0.4, -0.2) is 11.0 Å². The molecule has 3 rings (SSSR count). The van der Waals surface area contributed by atoms with Crippen LogP contribution in [-0.2, 0) is 13.0 Å². The van der Waals surface area contributed by atoms with Gasteiger partial charge in [0.1, 0.15) is 0 Å². The lowest BCUT2D eigenvalue weighted by molar-refractivity contribution is 0.236. The maximum atomic E-state index is 12.0. The molecular formula is C16H16ClN3O. The van der Waals surface area contributed by atoms with Crippen LogP contribution in [0.3, 0.4) is 0 Å². The average molecular weight is 302 g/mol. The van der Waals surface area contributed by atoms with Gasteiger partial charge in [0.2, 0.25) is 0 Å². The highest BCUT2D eigenvalue weighted by atomic mass is 35.5. The number of rotatable bonds is 3. The van der Waals surface area contributed by atoms with Crippen LogP contribution in [0.15, 0.2) is 42.7 Å². The molecule has 1 aliphatic rings. The van der Waals surface area contributed by atoms with Gasteiger partial charge in [-0.3, -0.25) is 4.98 Å². The lowest BCUT2D eigenvalue weighted by Crippen LogP contribution is -2.36. The molecule has 1 aliphatic carbocycles. The molecule has 2 N–H and O–H groups in total. The molecule has 1 unspecified atom stereocenters. The molecule has 1 aromatic carbocycles. The second-order valence-corrected chi connectivity index (χ2v) is 5.55. The lowest BCUT2D eigenvalue weighted by Gasteiger charge is -2.15. The third-order valence-electron chi connectivity index (χ3n) is 3.69. The number of fused-ring (bicyclic) bond motifs is 1. The molecule has 21 heavy (non-hydrogen) atoms. The first-order valence-corrected chi connectivity index (χ1v) is 7.32. The summed E-state index contributed by atoms with van der Waals surface area (Å²) in [7, 11) is 0. The second kappa shape index (κ2) is 6.14. The highest BCUT2D eigenvalue weighted by Crippen LogP contribution is 2.32. The summed E-state index contributed by atoms with van der Waals surface area (Å²) in [6.45, 7) is 0.495. The summed E-state index contributed by atoms with van der Waals surface area (Å²) in [6.07, 6.45) is 5.29. The topological polar surface area (TPSA) is 54.0 Å². The highest BCUT2D eigenvalue weighted by molar-refractivity contribution is 6.30. The van der Waals surface area contributed by atoms with Crippen molar-refractivity contribution in [2.75, 3.05) is 0 Å². The van der Waals surface area contributed by atoms with Crippen LogP contribution >= 0.6 is 11.6 Å². The fraction of sp³-hybridized carbons (Fsp3) is 0.250. The van der Waals surface area contributed by atoms with Crippen molar-refractivity contribution in [2.24, 2.45) is 0 Å². The van der Waals surface area contributed by atoms with Crippen LogP contribution in [0.4, 0.5) is 4.79 Å². The molecule has 4 nitrogen and oxygen atoms in total. The van der Waals surface area contributed by atoms with Crippen molar-refractivity contribution in [1.82, 2.24) is 15.6 Å². The van der Waals surface area contributed by atoms with Crippen LogP contribution in [0.25, 0.3) is 0 Å². The predicted octanol–water partition coefficient (Wildman–Crippen LogP) is 3.22. The van der Waals surface area contributed by atoms with E-state index >= 15 is 0 Å². The van der Waals surface area contributed by atoms with Crippen molar-refractivity contribution in [3.63, 3.8) is 0 Å². The van der Waals surface area contributed by atoms with Crippen molar-refractivity contribution in [3.05, 3.63) is 64.4 Å². The maximum absolute atomic E-state index is 12.0. The van der Waals surface area contributed by atoms with Gasteiger partial charge in [0.15, 0.2) is 0 Å². The number of carbonyl (C=O) groups is 1. The summed E-state index contributed by atoms with van der Waals surface area (Å²) < 4.78 is 0. The van der Waals surface area contributed by atoms with E-state index in [1.807, 2.05) is 30.3 Å². The summed E-state index contributed by atoms with van der Waals surface area (Å²) in [5.74, 6) is 0.